The van der Waals surface area contributed by atoms with Crippen LogP contribution in [0.15, 0.2) is 16.5 Å². The predicted molar refractivity (Wildman–Crippen MR) is 47.6 cm³/mol. The van der Waals surface area contributed by atoms with Crippen molar-refractivity contribution in [3.63, 3.8) is 0 Å². The highest BCUT2D eigenvalue weighted by molar-refractivity contribution is 5.91. The zero-order valence-corrected chi connectivity index (χ0v) is 7.46. The molecule has 0 radical (unpaired) electrons. The molecule has 2 rings (SSSR count). The number of carbonyl (C=O) groups is 1. The number of rotatable bonds is 2. The topological polar surface area (TPSA) is 54.3 Å². The summed E-state index contributed by atoms with van der Waals surface area (Å²) < 4.78 is 5.18. The number of nitrogens with one attached hydrogen (secondary N) is 2. The average molecular weight is 180 g/mol. The molecular formula is C9H12N2O2. The molecule has 1 aromatic rings. The molecule has 0 bridgehead atoms. The largest absolute Gasteiger partial charge is 0.456 e. The molecule has 2 N–H and O–H groups in total. The van der Waals surface area contributed by atoms with Gasteiger partial charge in [-0.05, 0) is 19.1 Å². The maximum Gasteiger partial charge on any atom is 0.287 e. The molecule has 4 nitrogen and oxygen atoms in total. The fourth-order valence-electron chi connectivity index (χ4n) is 1.20. The number of hydrogen-bond donors (Lipinski definition) is 2. The number of carbonyl (C=O) groups excluding carboxylic acids is 1. The highest BCUT2D eigenvalue weighted by Gasteiger charge is 2.20. The van der Waals surface area contributed by atoms with E-state index in [4.69, 9.17) is 4.42 Å². The van der Waals surface area contributed by atoms with E-state index in [1.54, 1.807) is 12.1 Å². The zero-order valence-electron chi connectivity index (χ0n) is 7.46. The number of hydrogen-bond acceptors (Lipinski definition) is 3. The third-order valence-electron chi connectivity index (χ3n) is 2.08. The fraction of sp³-hybridized carbons (Fsp3) is 0.444. The van der Waals surface area contributed by atoms with E-state index in [1.807, 2.05) is 6.92 Å². The SMILES string of the molecule is Cc1ccc(C(=O)NC2CNC2)o1. The van der Waals surface area contributed by atoms with Gasteiger partial charge in [0.1, 0.15) is 5.76 Å². The molecule has 2 heterocycles. The first-order chi connectivity index (χ1) is 6.25. The lowest BCUT2D eigenvalue weighted by molar-refractivity contribution is 0.0894. The fourth-order valence-corrected chi connectivity index (χ4v) is 1.20. The second-order valence-electron chi connectivity index (χ2n) is 3.24. The summed E-state index contributed by atoms with van der Waals surface area (Å²) in [5, 5.41) is 5.93. The Hall–Kier alpha value is -1.29. The Balaban J connectivity index is 1.96. The Labute approximate surface area is 76.3 Å². The highest BCUT2D eigenvalue weighted by Crippen LogP contribution is 2.06. The molecule has 1 aromatic heterocycles. The van der Waals surface area contributed by atoms with Gasteiger partial charge in [0, 0.05) is 13.1 Å². The molecule has 0 aliphatic carbocycles. The van der Waals surface area contributed by atoms with Crippen molar-refractivity contribution in [1.29, 1.82) is 0 Å². The van der Waals surface area contributed by atoms with Crippen molar-refractivity contribution in [3.05, 3.63) is 23.7 Å². The predicted octanol–water partition coefficient (Wildman–Crippen LogP) is 0.290. The Morgan fingerprint density at radius 3 is 2.85 bits per heavy atom. The molecule has 0 aromatic carbocycles. The minimum atomic E-state index is -0.125. The van der Waals surface area contributed by atoms with E-state index in [-0.39, 0.29) is 11.9 Å². The lowest BCUT2D eigenvalue weighted by Crippen LogP contribution is -2.56. The van der Waals surface area contributed by atoms with Crippen LogP contribution in [0.1, 0.15) is 16.3 Å². The van der Waals surface area contributed by atoms with Crippen molar-refractivity contribution in [2.75, 3.05) is 13.1 Å². The van der Waals surface area contributed by atoms with Crippen molar-refractivity contribution >= 4 is 5.91 Å². The quantitative estimate of drug-likeness (QED) is 0.687. The van der Waals surface area contributed by atoms with Gasteiger partial charge in [0.2, 0.25) is 0 Å². The molecule has 4 heteroatoms. The smallest absolute Gasteiger partial charge is 0.287 e. The summed E-state index contributed by atoms with van der Waals surface area (Å²) in [6, 6.07) is 3.74. The van der Waals surface area contributed by atoms with Crippen LogP contribution in [0.25, 0.3) is 0 Å². The lowest BCUT2D eigenvalue weighted by atomic mass is 10.2. The standard InChI is InChI=1S/C9H12N2O2/c1-6-2-3-8(13-6)9(12)11-7-4-10-5-7/h2-3,7,10H,4-5H2,1H3,(H,11,12). The van der Waals surface area contributed by atoms with Crippen LogP contribution in [-0.2, 0) is 0 Å². The molecule has 0 spiro atoms. The molecular weight excluding hydrogens is 168 g/mol. The van der Waals surface area contributed by atoms with E-state index in [0.717, 1.165) is 18.8 Å². The number of aryl methyl sites for hydroxylation is 1. The van der Waals surface area contributed by atoms with E-state index >= 15 is 0 Å². The minimum absolute atomic E-state index is 0.125. The summed E-state index contributed by atoms with van der Waals surface area (Å²) in [4.78, 5) is 11.4. The summed E-state index contributed by atoms with van der Waals surface area (Å²) in [7, 11) is 0. The summed E-state index contributed by atoms with van der Waals surface area (Å²) in [6.45, 7) is 3.53. The van der Waals surface area contributed by atoms with E-state index in [2.05, 4.69) is 10.6 Å². The van der Waals surface area contributed by atoms with Gasteiger partial charge in [0.15, 0.2) is 5.76 Å². The van der Waals surface area contributed by atoms with Crippen molar-refractivity contribution < 1.29 is 9.21 Å². The van der Waals surface area contributed by atoms with Gasteiger partial charge in [-0.25, -0.2) is 0 Å². The summed E-state index contributed by atoms with van der Waals surface area (Å²) in [5.74, 6) is 1.03. The van der Waals surface area contributed by atoms with Gasteiger partial charge in [-0.1, -0.05) is 0 Å². The van der Waals surface area contributed by atoms with Crippen LogP contribution in [0.4, 0.5) is 0 Å². The van der Waals surface area contributed by atoms with Gasteiger partial charge >= 0.3 is 0 Å². The summed E-state index contributed by atoms with van der Waals surface area (Å²) >= 11 is 0. The molecule has 0 saturated carbocycles. The molecule has 1 fully saturated rings. The number of amides is 1. The third kappa shape index (κ3) is 1.72. The van der Waals surface area contributed by atoms with Crippen LogP contribution in [0.5, 0.6) is 0 Å². The van der Waals surface area contributed by atoms with Gasteiger partial charge < -0.3 is 15.1 Å². The van der Waals surface area contributed by atoms with E-state index in [1.165, 1.54) is 0 Å². The maximum absolute atomic E-state index is 11.4. The van der Waals surface area contributed by atoms with Crippen LogP contribution >= 0.6 is 0 Å². The zero-order chi connectivity index (χ0) is 9.26. The summed E-state index contributed by atoms with van der Waals surface area (Å²) in [6.07, 6.45) is 0. The lowest BCUT2D eigenvalue weighted by Gasteiger charge is -2.27. The average Bonchev–Trinajstić information content (AvgIpc) is 2.44. The Morgan fingerprint density at radius 2 is 2.38 bits per heavy atom. The molecule has 0 unspecified atom stereocenters. The van der Waals surface area contributed by atoms with Crippen molar-refractivity contribution in [2.45, 2.75) is 13.0 Å². The molecule has 1 aliphatic heterocycles. The first-order valence-electron chi connectivity index (χ1n) is 4.34. The Morgan fingerprint density at radius 1 is 1.62 bits per heavy atom. The maximum atomic E-state index is 11.4. The first kappa shape index (κ1) is 8.31. The minimum Gasteiger partial charge on any atom is -0.456 e. The molecule has 13 heavy (non-hydrogen) atoms. The summed E-state index contributed by atoms with van der Waals surface area (Å²) in [5.41, 5.74) is 0. The second-order valence-corrected chi connectivity index (χ2v) is 3.24. The first-order valence-corrected chi connectivity index (χ1v) is 4.34. The van der Waals surface area contributed by atoms with Crippen LogP contribution in [0.3, 0.4) is 0 Å². The molecule has 1 aliphatic rings. The van der Waals surface area contributed by atoms with Gasteiger partial charge in [-0.3, -0.25) is 4.79 Å². The van der Waals surface area contributed by atoms with Crippen LogP contribution in [0, 0.1) is 6.92 Å². The normalized spacial score (nSPS) is 16.7. The molecule has 1 saturated heterocycles. The molecule has 0 atom stereocenters. The Bertz CT molecular complexity index is 315. The van der Waals surface area contributed by atoms with Crippen LogP contribution in [0.2, 0.25) is 0 Å². The van der Waals surface area contributed by atoms with E-state index in [9.17, 15) is 4.79 Å². The van der Waals surface area contributed by atoms with Crippen molar-refractivity contribution in [2.24, 2.45) is 0 Å². The van der Waals surface area contributed by atoms with Gasteiger partial charge in [-0.2, -0.15) is 0 Å². The molecule has 1 amide bonds. The highest BCUT2D eigenvalue weighted by atomic mass is 16.3. The van der Waals surface area contributed by atoms with Gasteiger partial charge in [0.05, 0.1) is 6.04 Å². The van der Waals surface area contributed by atoms with Crippen LogP contribution in [-0.4, -0.2) is 25.0 Å². The van der Waals surface area contributed by atoms with Gasteiger partial charge in [-0.15, -0.1) is 0 Å². The second kappa shape index (κ2) is 3.22. The molecule has 70 valence electrons. The third-order valence-corrected chi connectivity index (χ3v) is 2.08. The number of furan rings is 1. The van der Waals surface area contributed by atoms with Crippen molar-refractivity contribution in [1.82, 2.24) is 10.6 Å². The van der Waals surface area contributed by atoms with Crippen LogP contribution < -0.4 is 10.6 Å². The van der Waals surface area contributed by atoms with E-state index < -0.39 is 0 Å². The van der Waals surface area contributed by atoms with E-state index in [0.29, 0.717) is 5.76 Å². The monoisotopic (exact) mass is 180 g/mol. The Kier molecular flexibility index (Phi) is 2.06. The van der Waals surface area contributed by atoms with Crippen molar-refractivity contribution in [3.8, 4) is 0 Å². The van der Waals surface area contributed by atoms with Gasteiger partial charge in [0.25, 0.3) is 5.91 Å².